The van der Waals surface area contributed by atoms with Gasteiger partial charge < -0.3 is 10.2 Å². The summed E-state index contributed by atoms with van der Waals surface area (Å²) in [5.41, 5.74) is 2.76. The van der Waals surface area contributed by atoms with Gasteiger partial charge in [-0.15, -0.1) is 0 Å². The molecule has 0 bridgehead atoms. The van der Waals surface area contributed by atoms with Gasteiger partial charge >= 0.3 is 0 Å². The van der Waals surface area contributed by atoms with Gasteiger partial charge in [0.2, 0.25) is 0 Å². The molecule has 0 radical (unpaired) electrons. The molecule has 1 aliphatic carbocycles. The van der Waals surface area contributed by atoms with Gasteiger partial charge in [0.1, 0.15) is 18.0 Å². The third-order valence-electron chi connectivity index (χ3n) is 5.18. The quantitative estimate of drug-likeness (QED) is 0.839. The standard InChI is InChI=1S/C18H27N7/c1-24(2)17-9-16(19-12-20-17)22-15-5-7-25(8-6-15)11-14-10-21-23-18(14)13-3-4-13/h9-10,12-13,15H,3-8,11H2,1-2H3,(H,21,23)(H,19,20,22). The molecule has 7 nitrogen and oxygen atoms in total. The summed E-state index contributed by atoms with van der Waals surface area (Å²) >= 11 is 0. The van der Waals surface area contributed by atoms with Crippen molar-refractivity contribution in [2.45, 2.75) is 44.2 Å². The van der Waals surface area contributed by atoms with Gasteiger partial charge in [-0.25, -0.2) is 9.97 Å². The second-order valence-electron chi connectivity index (χ2n) is 7.43. The molecule has 0 aromatic carbocycles. The van der Waals surface area contributed by atoms with Gasteiger partial charge in [-0.3, -0.25) is 10.00 Å². The lowest BCUT2D eigenvalue weighted by molar-refractivity contribution is 0.210. The highest BCUT2D eigenvalue weighted by Crippen LogP contribution is 2.40. The number of anilines is 2. The highest BCUT2D eigenvalue weighted by atomic mass is 15.2. The lowest BCUT2D eigenvalue weighted by Crippen LogP contribution is -2.38. The molecule has 0 unspecified atom stereocenters. The van der Waals surface area contributed by atoms with Gasteiger partial charge in [-0.2, -0.15) is 5.10 Å². The molecule has 0 spiro atoms. The minimum absolute atomic E-state index is 0.480. The van der Waals surface area contributed by atoms with Crippen LogP contribution in [0.25, 0.3) is 0 Å². The molecule has 1 aliphatic heterocycles. The van der Waals surface area contributed by atoms with E-state index in [0.717, 1.165) is 50.0 Å². The summed E-state index contributed by atoms with van der Waals surface area (Å²) in [6.07, 6.45) is 8.55. The Morgan fingerprint density at radius 1 is 1.20 bits per heavy atom. The number of aromatic nitrogens is 4. The van der Waals surface area contributed by atoms with Gasteiger partial charge in [0.15, 0.2) is 0 Å². The summed E-state index contributed by atoms with van der Waals surface area (Å²) in [5.74, 6) is 2.59. The second-order valence-corrected chi connectivity index (χ2v) is 7.43. The monoisotopic (exact) mass is 341 g/mol. The molecule has 2 aromatic rings. The van der Waals surface area contributed by atoms with Crippen LogP contribution in [-0.2, 0) is 6.54 Å². The van der Waals surface area contributed by atoms with E-state index in [2.05, 4.69) is 30.4 Å². The fourth-order valence-electron chi connectivity index (χ4n) is 3.53. The largest absolute Gasteiger partial charge is 0.367 e. The maximum atomic E-state index is 4.36. The van der Waals surface area contributed by atoms with E-state index in [9.17, 15) is 0 Å². The van der Waals surface area contributed by atoms with Crippen molar-refractivity contribution in [3.63, 3.8) is 0 Å². The van der Waals surface area contributed by atoms with E-state index in [1.165, 1.54) is 24.1 Å². The van der Waals surface area contributed by atoms with Crippen LogP contribution in [0.3, 0.4) is 0 Å². The van der Waals surface area contributed by atoms with Gasteiger partial charge in [0.05, 0.1) is 6.20 Å². The predicted molar refractivity (Wildman–Crippen MR) is 98.8 cm³/mol. The van der Waals surface area contributed by atoms with Gasteiger partial charge in [0.25, 0.3) is 0 Å². The number of nitrogens with zero attached hydrogens (tertiary/aromatic N) is 5. The fourth-order valence-corrected chi connectivity index (χ4v) is 3.53. The molecule has 2 fully saturated rings. The smallest absolute Gasteiger partial charge is 0.133 e. The van der Waals surface area contributed by atoms with Crippen molar-refractivity contribution in [2.75, 3.05) is 37.4 Å². The summed E-state index contributed by atoms with van der Waals surface area (Å²) in [6, 6.07) is 2.49. The maximum Gasteiger partial charge on any atom is 0.133 e. The fraction of sp³-hybridized carbons (Fsp3) is 0.611. The molecule has 2 aliphatic rings. The first-order chi connectivity index (χ1) is 12.2. The van der Waals surface area contributed by atoms with Crippen LogP contribution in [0, 0.1) is 0 Å². The molecule has 0 atom stereocenters. The molecule has 0 amide bonds. The first kappa shape index (κ1) is 16.3. The van der Waals surface area contributed by atoms with Crippen molar-refractivity contribution in [1.82, 2.24) is 25.1 Å². The molecule has 7 heteroatoms. The minimum Gasteiger partial charge on any atom is -0.367 e. The zero-order valence-corrected chi connectivity index (χ0v) is 15.1. The van der Waals surface area contributed by atoms with E-state index >= 15 is 0 Å². The predicted octanol–water partition coefficient (Wildman–Crippen LogP) is 2.22. The molecule has 3 heterocycles. The zero-order valence-electron chi connectivity index (χ0n) is 15.1. The number of piperidine rings is 1. The number of hydrogen-bond acceptors (Lipinski definition) is 6. The molecule has 1 saturated heterocycles. The van der Waals surface area contributed by atoms with Crippen LogP contribution in [0.2, 0.25) is 0 Å². The highest BCUT2D eigenvalue weighted by Gasteiger charge is 2.29. The van der Waals surface area contributed by atoms with Gasteiger partial charge in [0, 0.05) is 63.0 Å². The Hall–Kier alpha value is -2.15. The first-order valence-electron chi connectivity index (χ1n) is 9.19. The lowest BCUT2D eigenvalue weighted by atomic mass is 10.0. The Kier molecular flexibility index (Phi) is 4.57. The van der Waals surface area contributed by atoms with Crippen molar-refractivity contribution < 1.29 is 0 Å². The van der Waals surface area contributed by atoms with E-state index < -0.39 is 0 Å². The van der Waals surface area contributed by atoms with Crippen LogP contribution < -0.4 is 10.2 Å². The summed E-state index contributed by atoms with van der Waals surface area (Å²) < 4.78 is 0. The molecule has 2 aromatic heterocycles. The Balaban J connectivity index is 1.29. The van der Waals surface area contributed by atoms with Crippen LogP contribution in [0.4, 0.5) is 11.6 Å². The number of nitrogens with one attached hydrogen (secondary N) is 2. The summed E-state index contributed by atoms with van der Waals surface area (Å²) in [6.45, 7) is 3.24. The van der Waals surface area contributed by atoms with Crippen molar-refractivity contribution in [3.8, 4) is 0 Å². The number of H-pyrrole nitrogens is 1. The number of hydrogen-bond donors (Lipinski definition) is 2. The van der Waals surface area contributed by atoms with Crippen LogP contribution in [0.1, 0.15) is 42.9 Å². The van der Waals surface area contributed by atoms with E-state index in [4.69, 9.17) is 0 Å². The number of aromatic amines is 1. The average Bonchev–Trinajstić information content (AvgIpc) is 3.36. The zero-order chi connectivity index (χ0) is 17.2. The number of likely N-dealkylation sites (tertiary alicyclic amines) is 1. The molecule has 4 rings (SSSR count). The van der Waals surface area contributed by atoms with Crippen LogP contribution in [0.15, 0.2) is 18.6 Å². The van der Waals surface area contributed by atoms with E-state index in [-0.39, 0.29) is 0 Å². The second kappa shape index (κ2) is 7.00. The first-order valence-corrected chi connectivity index (χ1v) is 9.19. The van der Waals surface area contributed by atoms with Crippen molar-refractivity contribution in [3.05, 3.63) is 29.8 Å². The van der Waals surface area contributed by atoms with E-state index in [0.29, 0.717) is 6.04 Å². The molecule has 1 saturated carbocycles. The summed E-state index contributed by atoms with van der Waals surface area (Å²) in [7, 11) is 3.99. The Morgan fingerprint density at radius 3 is 2.72 bits per heavy atom. The SMILES string of the molecule is CN(C)c1cc(NC2CCN(Cc3cn[nH]c3C3CC3)CC2)ncn1. The van der Waals surface area contributed by atoms with Crippen LogP contribution in [-0.4, -0.2) is 58.3 Å². The van der Waals surface area contributed by atoms with Gasteiger partial charge in [-0.05, 0) is 25.7 Å². The Morgan fingerprint density at radius 2 is 2.00 bits per heavy atom. The lowest BCUT2D eigenvalue weighted by Gasteiger charge is -2.32. The maximum absolute atomic E-state index is 4.36. The molecule has 2 N–H and O–H groups in total. The van der Waals surface area contributed by atoms with Crippen LogP contribution in [0.5, 0.6) is 0 Å². The topological polar surface area (TPSA) is 73.0 Å². The van der Waals surface area contributed by atoms with E-state index in [1.807, 2.05) is 31.3 Å². The van der Waals surface area contributed by atoms with E-state index in [1.54, 1.807) is 6.33 Å². The normalized spacial score (nSPS) is 19.1. The Labute approximate surface area is 148 Å². The molecular weight excluding hydrogens is 314 g/mol. The van der Waals surface area contributed by atoms with Crippen molar-refractivity contribution in [1.29, 1.82) is 0 Å². The Bertz CT molecular complexity index is 699. The molecular formula is C18H27N7. The minimum atomic E-state index is 0.480. The summed E-state index contributed by atoms with van der Waals surface area (Å²) in [4.78, 5) is 13.2. The molecule has 134 valence electrons. The molecule has 25 heavy (non-hydrogen) atoms. The van der Waals surface area contributed by atoms with Crippen molar-refractivity contribution >= 4 is 11.6 Å². The van der Waals surface area contributed by atoms with Crippen LogP contribution >= 0.6 is 0 Å². The van der Waals surface area contributed by atoms with Gasteiger partial charge in [-0.1, -0.05) is 0 Å². The highest BCUT2D eigenvalue weighted by molar-refractivity contribution is 5.47. The third kappa shape index (κ3) is 3.92. The summed E-state index contributed by atoms with van der Waals surface area (Å²) in [5, 5.41) is 11.0. The third-order valence-corrected chi connectivity index (χ3v) is 5.18. The number of rotatable bonds is 6. The van der Waals surface area contributed by atoms with Crippen molar-refractivity contribution in [2.24, 2.45) is 0 Å². The average molecular weight is 341 g/mol.